The molecule has 0 heterocycles. The molecular formula is C24H31N3O3. The fraction of sp³-hybridized carbons (Fsp3) is 0.417. The zero-order valence-electron chi connectivity index (χ0n) is 17.8. The van der Waals surface area contributed by atoms with Gasteiger partial charge < -0.3 is 15.4 Å². The lowest BCUT2D eigenvalue weighted by atomic mass is 10.1. The van der Waals surface area contributed by atoms with Gasteiger partial charge in [-0.05, 0) is 56.3 Å². The van der Waals surface area contributed by atoms with Crippen molar-refractivity contribution in [3.63, 3.8) is 0 Å². The quantitative estimate of drug-likeness (QED) is 0.659. The fourth-order valence-corrected chi connectivity index (χ4v) is 3.90. The van der Waals surface area contributed by atoms with E-state index in [1.165, 1.54) is 38.5 Å². The van der Waals surface area contributed by atoms with Gasteiger partial charge in [-0.2, -0.15) is 0 Å². The molecule has 2 aromatic carbocycles. The number of nitrogens with zero attached hydrogens (tertiary/aromatic N) is 1. The van der Waals surface area contributed by atoms with Crippen molar-refractivity contribution in [2.45, 2.75) is 44.6 Å². The first kappa shape index (κ1) is 21.8. The molecule has 1 saturated carbocycles. The number of amides is 2. The second-order valence-electron chi connectivity index (χ2n) is 7.84. The molecule has 0 saturated heterocycles. The molecule has 0 atom stereocenters. The summed E-state index contributed by atoms with van der Waals surface area (Å²) in [4.78, 5) is 27.1. The van der Waals surface area contributed by atoms with E-state index in [0.29, 0.717) is 35.3 Å². The van der Waals surface area contributed by atoms with Crippen molar-refractivity contribution in [2.24, 2.45) is 0 Å². The maximum Gasteiger partial charge on any atom is 0.255 e. The Morgan fingerprint density at radius 2 is 1.63 bits per heavy atom. The van der Waals surface area contributed by atoms with Gasteiger partial charge in [-0.1, -0.05) is 37.8 Å². The average Bonchev–Trinajstić information content (AvgIpc) is 3.04. The van der Waals surface area contributed by atoms with Crippen molar-refractivity contribution < 1.29 is 14.3 Å². The normalized spacial score (nSPS) is 14.8. The summed E-state index contributed by atoms with van der Waals surface area (Å²) in [6.45, 7) is 0.376. The Hall–Kier alpha value is -2.86. The third-order valence-electron chi connectivity index (χ3n) is 5.63. The second kappa shape index (κ2) is 10.8. The van der Waals surface area contributed by atoms with Crippen LogP contribution in [-0.4, -0.2) is 43.5 Å². The predicted octanol–water partition coefficient (Wildman–Crippen LogP) is 4.54. The summed E-state index contributed by atoms with van der Waals surface area (Å²) in [5.74, 6) is 0.339. The highest BCUT2D eigenvalue weighted by Gasteiger charge is 2.19. The highest BCUT2D eigenvalue weighted by atomic mass is 16.5. The van der Waals surface area contributed by atoms with Crippen LogP contribution in [0.25, 0.3) is 0 Å². The third-order valence-corrected chi connectivity index (χ3v) is 5.63. The Morgan fingerprint density at radius 1 is 0.967 bits per heavy atom. The van der Waals surface area contributed by atoms with Crippen LogP contribution >= 0.6 is 0 Å². The Balaban J connectivity index is 1.53. The summed E-state index contributed by atoms with van der Waals surface area (Å²) in [6.07, 6.45) is 7.42. The van der Waals surface area contributed by atoms with Crippen molar-refractivity contribution in [1.82, 2.24) is 4.90 Å². The van der Waals surface area contributed by atoms with Crippen LogP contribution in [0.15, 0.2) is 48.5 Å². The fourth-order valence-electron chi connectivity index (χ4n) is 3.90. The van der Waals surface area contributed by atoms with Crippen LogP contribution in [0.2, 0.25) is 0 Å². The number of rotatable bonds is 7. The third kappa shape index (κ3) is 6.07. The Bertz CT molecular complexity index is 843. The van der Waals surface area contributed by atoms with E-state index in [4.69, 9.17) is 4.74 Å². The van der Waals surface area contributed by atoms with Crippen molar-refractivity contribution >= 4 is 23.2 Å². The van der Waals surface area contributed by atoms with Gasteiger partial charge in [0.05, 0.1) is 19.3 Å². The van der Waals surface area contributed by atoms with E-state index >= 15 is 0 Å². The number of para-hydroxylation sites is 2. The van der Waals surface area contributed by atoms with Crippen LogP contribution in [0.4, 0.5) is 11.4 Å². The number of ether oxygens (including phenoxy) is 1. The number of methoxy groups -OCH3 is 1. The molecule has 0 radical (unpaired) electrons. The number of carbonyl (C=O) groups is 2. The van der Waals surface area contributed by atoms with Crippen LogP contribution in [0.5, 0.6) is 5.75 Å². The number of benzene rings is 2. The molecule has 2 amide bonds. The van der Waals surface area contributed by atoms with Gasteiger partial charge in [-0.3, -0.25) is 14.5 Å². The van der Waals surface area contributed by atoms with Gasteiger partial charge in [0, 0.05) is 17.3 Å². The molecule has 2 N–H and O–H groups in total. The molecule has 30 heavy (non-hydrogen) atoms. The minimum absolute atomic E-state index is 0.0343. The van der Waals surface area contributed by atoms with Crippen molar-refractivity contribution in [1.29, 1.82) is 0 Å². The molecule has 0 unspecified atom stereocenters. The minimum atomic E-state index is -0.231. The molecule has 1 aliphatic rings. The summed E-state index contributed by atoms with van der Waals surface area (Å²) < 4.78 is 5.26. The van der Waals surface area contributed by atoms with E-state index in [0.717, 1.165) is 0 Å². The predicted molar refractivity (Wildman–Crippen MR) is 120 cm³/mol. The number of likely N-dealkylation sites (N-methyl/N-ethyl adjacent to an activating group) is 1. The van der Waals surface area contributed by atoms with Gasteiger partial charge >= 0.3 is 0 Å². The van der Waals surface area contributed by atoms with Crippen molar-refractivity contribution in [3.05, 3.63) is 54.1 Å². The number of hydrogen-bond acceptors (Lipinski definition) is 4. The lowest BCUT2D eigenvalue weighted by molar-refractivity contribution is -0.117. The zero-order chi connectivity index (χ0) is 21.3. The molecule has 0 spiro atoms. The van der Waals surface area contributed by atoms with Crippen molar-refractivity contribution in [2.75, 3.05) is 31.3 Å². The number of carbonyl (C=O) groups excluding carboxylic acids is 2. The van der Waals surface area contributed by atoms with Gasteiger partial charge in [0.25, 0.3) is 5.91 Å². The lowest BCUT2D eigenvalue weighted by Gasteiger charge is -2.26. The monoisotopic (exact) mass is 409 g/mol. The van der Waals surface area contributed by atoms with E-state index in [9.17, 15) is 9.59 Å². The van der Waals surface area contributed by atoms with Gasteiger partial charge in [-0.25, -0.2) is 0 Å². The molecule has 0 bridgehead atoms. The highest BCUT2D eigenvalue weighted by Crippen LogP contribution is 2.24. The molecule has 3 rings (SSSR count). The zero-order valence-corrected chi connectivity index (χ0v) is 17.8. The molecule has 1 fully saturated rings. The van der Waals surface area contributed by atoms with Crippen LogP contribution < -0.4 is 15.4 Å². The van der Waals surface area contributed by atoms with E-state index in [1.54, 1.807) is 43.5 Å². The maximum atomic E-state index is 12.5. The molecule has 0 aromatic heterocycles. The standard InChI is InChI=1S/C24H31N3O3/c1-27(20-9-5-3-4-6-10-20)17-23(28)25-19-15-13-18(14-16-19)24(29)26-21-11-7-8-12-22(21)30-2/h7-8,11-16,20H,3-6,9-10,17H2,1-2H3,(H,25,28)(H,26,29). The first-order chi connectivity index (χ1) is 14.6. The summed E-state index contributed by atoms with van der Waals surface area (Å²) in [5.41, 5.74) is 1.81. The summed E-state index contributed by atoms with van der Waals surface area (Å²) in [6, 6.07) is 14.7. The van der Waals surface area contributed by atoms with E-state index in [1.807, 2.05) is 19.2 Å². The summed E-state index contributed by atoms with van der Waals surface area (Å²) >= 11 is 0. The van der Waals surface area contributed by atoms with Crippen molar-refractivity contribution in [3.8, 4) is 5.75 Å². The Labute approximate surface area is 178 Å². The molecule has 6 nitrogen and oxygen atoms in total. The van der Waals surface area contributed by atoms with E-state index in [-0.39, 0.29) is 11.8 Å². The minimum Gasteiger partial charge on any atom is -0.495 e. The average molecular weight is 410 g/mol. The van der Waals surface area contributed by atoms with Crippen LogP contribution in [0.1, 0.15) is 48.9 Å². The largest absolute Gasteiger partial charge is 0.495 e. The van der Waals surface area contributed by atoms with Gasteiger partial charge in [-0.15, -0.1) is 0 Å². The second-order valence-corrected chi connectivity index (χ2v) is 7.84. The Kier molecular flexibility index (Phi) is 7.85. The van der Waals surface area contributed by atoms with Gasteiger partial charge in [0.1, 0.15) is 5.75 Å². The summed E-state index contributed by atoms with van der Waals surface area (Å²) in [7, 11) is 3.59. The Morgan fingerprint density at radius 3 is 2.30 bits per heavy atom. The molecule has 6 heteroatoms. The molecular weight excluding hydrogens is 378 g/mol. The van der Waals surface area contributed by atoms with Gasteiger partial charge in [0.15, 0.2) is 0 Å². The van der Waals surface area contributed by atoms with E-state index < -0.39 is 0 Å². The smallest absolute Gasteiger partial charge is 0.255 e. The highest BCUT2D eigenvalue weighted by molar-refractivity contribution is 6.05. The summed E-state index contributed by atoms with van der Waals surface area (Å²) in [5, 5.41) is 5.78. The number of nitrogens with one attached hydrogen (secondary N) is 2. The van der Waals surface area contributed by atoms with Gasteiger partial charge in [0.2, 0.25) is 5.91 Å². The number of anilines is 2. The number of hydrogen-bond donors (Lipinski definition) is 2. The SMILES string of the molecule is COc1ccccc1NC(=O)c1ccc(NC(=O)CN(C)C2CCCCCC2)cc1. The van der Waals surface area contributed by atoms with Crippen LogP contribution in [0.3, 0.4) is 0 Å². The maximum absolute atomic E-state index is 12.5. The van der Waals surface area contributed by atoms with Crippen LogP contribution in [0, 0.1) is 0 Å². The molecule has 1 aliphatic carbocycles. The molecule has 2 aromatic rings. The lowest BCUT2D eigenvalue weighted by Crippen LogP contribution is -2.37. The first-order valence-corrected chi connectivity index (χ1v) is 10.6. The van der Waals surface area contributed by atoms with Crippen LogP contribution in [-0.2, 0) is 4.79 Å². The molecule has 0 aliphatic heterocycles. The topological polar surface area (TPSA) is 70.7 Å². The van der Waals surface area contributed by atoms with E-state index in [2.05, 4.69) is 15.5 Å². The molecule has 160 valence electrons. The first-order valence-electron chi connectivity index (χ1n) is 10.6.